The van der Waals surface area contributed by atoms with Gasteiger partial charge in [-0.3, -0.25) is 10.6 Å². The van der Waals surface area contributed by atoms with Gasteiger partial charge in [-0.05, 0) is 42.7 Å². The third kappa shape index (κ3) is 15.0. The molecule has 4 aromatic rings. The predicted molar refractivity (Wildman–Crippen MR) is 201 cm³/mol. The summed E-state index contributed by atoms with van der Waals surface area (Å²) in [6, 6.07) is 6.97. The molecule has 326 valence electrons. The van der Waals surface area contributed by atoms with Crippen LogP contribution in [-0.4, -0.2) is 107 Å². The Morgan fingerprint density at radius 2 is 1.28 bits per heavy atom. The molecule has 0 spiro atoms. The number of nitrogens with zero attached hydrogens (tertiary/aromatic N) is 5. The first-order valence-corrected chi connectivity index (χ1v) is 21.1. The number of aryl methyl sites for hydroxylation is 2. The van der Waals surface area contributed by atoms with Crippen LogP contribution in [0.25, 0.3) is 0 Å². The molecule has 4 rings (SSSR count). The SMILES string of the molecule is COc1cc(OC)nc(NC(=O)NS(=O)(=O)c2cc(CNS(C)(=O)=O)ccc2C(=O)O)n1.COc1nc(C)nc(NC(=O)NS(=O)(=O)c2ccccc2CCC(F)(F)F)n1. The van der Waals surface area contributed by atoms with Crippen LogP contribution in [-0.2, 0) is 43.0 Å². The fraction of sp³-hybridized carbons (Fsp3) is 0.290. The summed E-state index contributed by atoms with van der Waals surface area (Å²) in [5.41, 5.74) is -0.562. The first-order chi connectivity index (χ1) is 27.8. The summed E-state index contributed by atoms with van der Waals surface area (Å²) in [5, 5.41) is 13.5. The van der Waals surface area contributed by atoms with E-state index in [-0.39, 0.29) is 53.2 Å². The molecule has 2 heterocycles. The van der Waals surface area contributed by atoms with Crippen LogP contribution in [0.1, 0.15) is 33.7 Å². The van der Waals surface area contributed by atoms with Crippen molar-refractivity contribution in [1.29, 1.82) is 0 Å². The Morgan fingerprint density at radius 3 is 1.80 bits per heavy atom. The Labute approximate surface area is 339 Å². The maximum absolute atomic E-state index is 12.7. The number of hydrogen-bond acceptors (Lipinski definition) is 17. The van der Waals surface area contributed by atoms with Gasteiger partial charge in [0.2, 0.25) is 33.7 Å². The zero-order chi connectivity index (χ0) is 45.1. The number of carbonyl (C=O) groups is 3. The number of benzene rings is 2. The number of ether oxygens (including phenoxy) is 3. The van der Waals surface area contributed by atoms with Gasteiger partial charge in [-0.1, -0.05) is 24.3 Å². The van der Waals surface area contributed by atoms with Crippen LogP contribution in [0.2, 0.25) is 0 Å². The molecule has 23 nitrogen and oxygen atoms in total. The fourth-order valence-electron chi connectivity index (χ4n) is 4.42. The summed E-state index contributed by atoms with van der Waals surface area (Å²) in [7, 11) is -8.83. The van der Waals surface area contributed by atoms with E-state index in [9.17, 15) is 57.9 Å². The molecule has 60 heavy (non-hydrogen) atoms. The fourth-order valence-corrected chi connectivity index (χ4v) is 7.18. The molecular formula is C31H35F3N10O13S3. The van der Waals surface area contributed by atoms with Crippen molar-refractivity contribution in [3.63, 3.8) is 0 Å². The van der Waals surface area contributed by atoms with Crippen LogP contribution in [0.5, 0.6) is 17.8 Å². The van der Waals surface area contributed by atoms with Gasteiger partial charge in [-0.25, -0.2) is 53.8 Å². The highest BCUT2D eigenvalue weighted by Crippen LogP contribution is 2.25. The number of methoxy groups -OCH3 is 3. The van der Waals surface area contributed by atoms with E-state index in [0.717, 1.165) is 24.5 Å². The zero-order valence-electron chi connectivity index (χ0n) is 31.7. The summed E-state index contributed by atoms with van der Waals surface area (Å²) in [5.74, 6) is -1.93. The van der Waals surface area contributed by atoms with Gasteiger partial charge in [0, 0.05) is 13.0 Å². The molecule has 0 radical (unpaired) electrons. The third-order valence-electron chi connectivity index (χ3n) is 6.96. The molecule has 2 aromatic carbocycles. The van der Waals surface area contributed by atoms with E-state index in [2.05, 4.69) is 40.3 Å². The Hall–Kier alpha value is -6.46. The van der Waals surface area contributed by atoms with E-state index >= 15 is 0 Å². The molecule has 0 aliphatic rings. The van der Waals surface area contributed by atoms with Crippen molar-refractivity contribution in [2.45, 2.75) is 42.3 Å². The number of carboxylic acid groups (broad SMARTS) is 1. The molecule has 4 amide bonds. The number of amides is 4. The molecular weight excluding hydrogens is 874 g/mol. The molecule has 29 heteroatoms. The number of carbonyl (C=O) groups excluding carboxylic acids is 2. The average molecular weight is 909 g/mol. The van der Waals surface area contributed by atoms with Crippen LogP contribution in [0, 0.1) is 6.92 Å². The highest BCUT2D eigenvalue weighted by molar-refractivity contribution is 7.90. The summed E-state index contributed by atoms with van der Waals surface area (Å²) < 4.78 is 130. The summed E-state index contributed by atoms with van der Waals surface area (Å²) in [6.07, 6.45) is -5.29. The van der Waals surface area contributed by atoms with Gasteiger partial charge in [0.15, 0.2) is 0 Å². The maximum atomic E-state index is 12.7. The van der Waals surface area contributed by atoms with Crippen LogP contribution in [0.4, 0.5) is 34.7 Å². The van der Waals surface area contributed by atoms with Crippen molar-refractivity contribution < 1.29 is 72.1 Å². The lowest BCUT2D eigenvalue weighted by Gasteiger charge is -2.13. The normalized spacial score (nSPS) is 11.6. The molecule has 0 fully saturated rings. The molecule has 6 N–H and O–H groups in total. The number of anilines is 2. The van der Waals surface area contributed by atoms with Gasteiger partial charge in [-0.2, -0.15) is 38.1 Å². The number of hydrogen-bond donors (Lipinski definition) is 6. The molecule has 0 atom stereocenters. The molecule has 0 unspecified atom stereocenters. The topological polar surface area (TPSA) is 326 Å². The number of urea groups is 2. The highest BCUT2D eigenvalue weighted by atomic mass is 32.2. The third-order valence-corrected chi connectivity index (χ3v) is 10.4. The number of carboxylic acids is 1. The van der Waals surface area contributed by atoms with Crippen molar-refractivity contribution >= 4 is 60.0 Å². The lowest BCUT2D eigenvalue weighted by Crippen LogP contribution is -2.35. The van der Waals surface area contributed by atoms with Crippen molar-refractivity contribution in [1.82, 2.24) is 39.1 Å². The minimum Gasteiger partial charge on any atom is -0.481 e. The van der Waals surface area contributed by atoms with Gasteiger partial charge >= 0.3 is 30.2 Å². The summed E-state index contributed by atoms with van der Waals surface area (Å²) in [6.45, 7) is 1.20. The molecule has 0 saturated heterocycles. The molecule has 0 saturated carbocycles. The van der Waals surface area contributed by atoms with E-state index in [1.54, 1.807) is 9.44 Å². The predicted octanol–water partition coefficient (Wildman–Crippen LogP) is 1.95. The molecule has 0 bridgehead atoms. The Kier molecular flexibility index (Phi) is 16.0. The van der Waals surface area contributed by atoms with E-state index in [1.807, 2.05) is 0 Å². The number of halogens is 3. The van der Waals surface area contributed by atoms with E-state index in [0.29, 0.717) is 0 Å². The largest absolute Gasteiger partial charge is 0.481 e. The van der Waals surface area contributed by atoms with Gasteiger partial charge in [-0.15, -0.1) is 0 Å². The van der Waals surface area contributed by atoms with Crippen molar-refractivity contribution in [2.75, 3.05) is 38.2 Å². The lowest BCUT2D eigenvalue weighted by atomic mass is 10.1. The lowest BCUT2D eigenvalue weighted by molar-refractivity contribution is -0.134. The van der Waals surface area contributed by atoms with Crippen LogP contribution >= 0.6 is 0 Å². The monoisotopic (exact) mass is 908 g/mol. The number of rotatable bonds is 15. The number of aromatic carboxylic acids is 1. The number of sulfonamides is 3. The van der Waals surface area contributed by atoms with Crippen LogP contribution < -0.4 is 39.0 Å². The quantitative estimate of drug-likeness (QED) is 0.0992. The Morgan fingerprint density at radius 1 is 0.733 bits per heavy atom. The number of aromatic nitrogens is 5. The van der Waals surface area contributed by atoms with Crippen LogP contribution in [0.15, 0.2) is 58.3 Å². The summed E-state index contributed by atoms with van der Waals surface area (Å²) >= 11 is 0. The highest BCUT2D eigenvalue weighted by Gasteiger charge is 2.29. The second kappa shape index (κ2) is 20.0. The van der Waals surface area contributed by atoms with Gasteiger partial charge < -0.3 is 19.3 Å². The smallest absolute Gasteiger partial charge is 0.389 e. The van der Waals surface area contributed by atoms with E-state index < -0.39 is 82.5 Å². The number of alkyl halides is 3. The van der Waals surface area contributed by atoms with Gasteiger partial charge in [0.25, 0.3) is 20.0 Å². The second-order valence-corrected chi connectivity index (χ2v) is 16.7. The Balaban J connectivity index is 0.000000323. The molecule has 0 aliphatic carbocycles. The minimum atomic E-state index is -4.70. The van der Waals surface area contributed by atoms with E-state index in [4.69, 9.17) is 14.2 Å². The zero-order valence-corrected chi connectivity index (χ0v) is 34.1. The second-order valence-electron chi connectivity index (χ2n) is 11.5. The minimum absolute atomic E-state index is 0.0225. The van der Waals surface area contributed by atoms with Crippen LogP contribution in [0.3, 0.4) is 0 Å². The van der Waals surface area contributed by atoms with Crippen molar-refractivity contribution in [3.8, 4) is 17.8 Å². The first-order valence-electron chi connectivity index (χ1n) is 16.2. The summed E-state index contributed by atoms with van der Waals surface area (Å²) in [4.78, 5) is 53.5. The molecule has 0 aliphatic heterocycles. The van der Waals surface area contributed by atoms with Gasteiger partial charge in [0.1, 0.15) is 10.7 Å². The van der Waals surface area contributed by atoms with Gasteiger partial charge in [0.05, 0.1) is 44.1 Å². The van der Waals surface area contributed by atoms with Crippen molar-refractivity contribution in [3.05, 3.63) is 71.0 Å². The van der Waals surface area contributed by atoms with Crippen molar-refractivity contribution in [2.24, 2.45) is 0 Å². The Bertz CT molecular complexity index is 2540. The number of nitrogens with one attached hydrogen (secondary N) is 5. The first kappa shape index (κ1) is 47.9. The molecule has 2 aromatic heterocycles. The maximum Gasteiger partial charge on any atom is 0.389 e. The average Bonchev–Trinajstić information content (AvgIpc) is 3.14. The standard InChI is InChI=1S/C16H19N5O9S2.C15H16F3N5O4S/c1-29-12-7-13(30-2)19-15(18-12)20-16(24)21-32(27,28)11-6-9(8-17-31(3,25)26)4-5-10(11)14(22)23;1-9-19-12(22-14(20-9)27-2)21-13(24)23-28(25,26)11-6-4-3-5-10(11)7-8-15(16,17)18/h4-7,17H,8H2,1-3H3,(H,22,23)(H2,18,19,20,21,24);3-6H,7-8H2,1-2H3,(H2,19,20,21,22,23,24). The van der Waals surface area contributed by atoms with E-state index in [1.165, 1.54) is 58.6 Å².